The van der Waals surface area contributed by atoms with Crippen LogP contribution in [0.4, 0.5) is 0 Å². The van der Waals surface area contributed by atoms with Crippen molar-refractivity contribution in [3.63, 3.8) is 0 Å². The fraction of sp³-hybridized carbons (Fsp3) is 0.333. The zero-order valence-electron chi connectivity index (χ0n) is 9.50. The molecule has 0 unspecified atom stereocenters. The first-order valence-electron chi connectivity index (χ1n) is 5.15. The second kappa shape index (κ2) is 6.10. The number of aromatic nitrogens is 1. The second-order valence-corrected chi connectivity index (χ2v) is 6.00. The van der Waals surface area contributed by atoms with E-state index in [9.17, 15) is 10.1 Å². The lowest BCUT2D eigenvalue weighted by molar-refractivity contribution is -0.412. The number of nitrogens with zero attached hydrogens (tertiary/aromatic N) is 4. The molecule has 0 radical (unpaired) electrons. The molecule has 0 atom stereocenters. The van der Waals surface area contributed by atoms with E-state index in [4.69, 9.17) is 16.9 Å². The minimum atomic E-state index is -0.547. The molecular formula is C9H8ClN5O2S2. The molecule has 10 heteroatoms. The number of thioether (sulfide) groups is 1. The molecule has 0 aliphatic carbocycles. The summed E-state index contributed by atoms with van der Waals surface area (Å²) in [6.07, 6.45) is 1.65. The lowest BCUT2D eigenvalue weighted by Gasteiger charge is -2.16. The van der Waals surface area contributed by atoms with Crippen LogP contribution in [0, 0.1) is 20.8 Å². The number of hydrogen-bond donors (Lipinski definition) is 1. The van der Waals surface area contributed by atoms with Gasteiger partial charge in [-0.05, 0) is 0 Å². The number of halogens is 1. The van der Waals surface area contributed by atoms with Gasteiger partial charge in [-0.3, -0.25) is 10.1 Å². The van der Waals surface area contributed by atoms with Crippen molar-refractivity contribution >= 4 is 34.7 Å². The summed E-state index contributed by atoms with van der Waals surface area (Å²) in [5.74, 6) is 0.376. The Kier molecular flexibility index (Phi) is 4.47. The molecule has 100 valence electrons. The standard InChI is InChI=1S/C9H8ClN5O2S2/c10-9-13-3-6(19-9)4-14-2-1-12-7(14)8(15(16)17)18-5-11/h3,12H,1-2,4H2/b8-7+. The van der Waals surface area contributed by atoms with Gasteiger partial charge in [-0.15, -0.1) is 11.3 Å². The Morgan fingerprint density at radius 3 is 3.21 bits per heavy atom. The van der Waals surface area contributed by atoms with E-state index in [0.717, 1.165) is 4.88 Å². The number of thiocyanates is 1. The summed E-state index contributed by atoms with van der Waals surface area (Å²) < 4.78 is 0.439. The minimum absolute atomic E-state index is 0.185. The molecule has 0 bridgehead atoms. The van der Waals surface area contributed by atoms with Crippen molar-refractivity contribution < 1.29 is 4.92 Å². The van der Waals surface area contributed by atoms with Crippen molar-refractivity contribution in [3.05, 3.63) is 36.5 Å². The van der Waals surface area contributed by atoms with Crippen LogP contribution >= 0.6 is 34.7 Å². The molecule has 1 aliphatic heterocycles. The number of rotatable bonds is 4. The molecule has 1 aliphatic rings. The van der Waals surface area contributed by atoms with E-state index in [1.165, 1.54) is 11.3 Å². The van der Waals surface area contributed by atoms with Crippen LogP contribution < -0.4 is 5.32 Å². The topological polar surface area (TPSA) is 95.1 Å². The van der Waals surface area contributed by atoms with E-state index in [-0.39, 0.29) is 5.03 Å². The van der Waals surface area contributed by atoms with Crippen LogP contribution in [0.3, 0.4) is 0 Å². The molecular weight excluding hydrogens is 310 g/mol. The Bertz CT molecular complexity index is 567. The molecule has 0 aromatic carbocycles. The van der Waals surface area contributed by atoms with Crippen LogP contribution in [0.15, 0.2) is 17.0 Å². The van der Waals surface area contributed by atoms with Gasteiger partial charge in [0.15, 0.2) is 10.3 Å². The van der Waals surface area contributed by atoms with E-state index in [1.54, 1.807) is 11.6 Å². The summed E-state index contributed by atoms with van der Waals surface area (Å²) in [5.41, 5.74) is 0. The number of nitrogens with one attached hydrogen (secondary N) is 1. The highest BCUT2D eigenvalue weighted by molar-refractivity contribution is 8.07. The van der Waals surface area contributed by atoms with E-state index < -0.39 is 4.92 Å². The van der Waals surface area contributed by atoms with Crippen LogP contribution in [-0.2, 0) is 6.54 Å². The van der Waals surface area contributed by atoms with Gasteiger partial charge in [-0.25, -0.2) is 4.98 Å². The Morgan fingerprint density at radius 1 is 1.84 bits per heavy atom. The number of thiazole rings is 1. The third-order valence-corrected chi connectivity index (χ3v) is 4.10. The van der Waals surface area contributed by atoms with Gasteiger partial charge >= 0.3 is 5.03 Å². The normalized spacial score (nSPS) is 16.9. The molecule has 19 heavy (non-hydrogen) atoms. The van der Waals surface area contributed by atoms with Crippen molar-refractivity contribution in [2.75, 3.05) is 13.1 Å². The predicted molar refractivity (Wildman–Crippen MR) is 72.8 cm³/mol. The fourth-order valence-corrected chi connectivity index (χ4v) is 3.11. The first-order valence-corrected chi connectivity index (χ1v) is 7.16. The summed E-state index contributed by atoms with van der Waals surface area (Å²) in [6.45, 7) is 1.72. The Hall–Kier alpha value is -1.50. The first kappa shape index (κ1) is 13.9. The van der Waals surface area contributed by atoms with Gasteiger partial charge in [0.2, 0.25) is 0 Å². The Labute approximate surface area is 122 Å². The van der Waals surface area contributed by atoms with E-state index in [2.05, 4.69) is 10.3 Å². The van der Waals surface area contributed by atoms with Gasteiger partial charge in [-0.2, -0.15) is 5.26 Å². The smallest absolute Gasteiger partial charge is 0.357 e. The van der Waals surface area contributed by atoms with E-state index >= 15 is 0 Å². The van der Waals surface area contributed by atoms with Crippen LogP contribution in [0.1, 0.15) is 4.88 Å². The zero-order valence-corrected chi connectivity index (χ0v) is 11.9. The number of nitriles is 1. The molecule has 1 aromatic heterocycles. The Morgan fingerprint density at radius 2 is 2.63 bits per heavy atom. The highest BCUT2D eigenvalue weighted by atomic mass is 35.5. The maximum atomic E-state index is 11.0. The number of hydrogen-bond acceptors (Lipinski definition) is 8. The second-order valence-electron chi connectivity index (χ2n) is 3.53. The maximum absolute atomic E-state index is 11.0. The molecule has 1 saturated heterocycles. The van der Waals surface area contributed by atoms with Gasteiger partial charge in [0.25, 0.3) is 0 Å². The fourth-order valence-electron chi connectivity index (χ4n) is 1.66. The summed E-state index contributed by atoms with van der Waals surface area (Å²) in [7, 11) is 0. The molecule has 7 nitrogen and oxygen atoms in total. The van der Waals surface area contributed by atoms with Crippen molar-refractivity contribution in [2.24, 2.45) is 0 Å². The number of nitro groups is 1. The molecule has 0 amide bonds. The summed E-state index contributed by atoms with van der Waals surface area (Å²) in [4.78, 5) is 17.1. The van der Waals surface area contributed by atoms with E-state index in [0.29, 0.717) is 41.7 Å². The highest BCUT2D eigenvalue weighted by Crippen LogP contribution is 2.26. The molecule has 1 fully saturated rings. The molecule has 0 spiro atoms. The molecule has 0 saturated carbocycles. The van der Waals surface area contributed by atoms with Crippen molar-refractivity contribution in [3.8, 4) is 5.40 Å². The average Bonchev–Trinajstić information content (AvgIpc) is 2.96. The van der Waals surface area contributed by atoms with Crippen LogP contribution in [0.2, 0.25) is 4.47 Å². The van der Waals surface area contributed by atoms with Gasteiger partial charge in [-0.1, -0.05) is 11.6 Å². The molecule has 1 N–H and O–H groups in total. The largest absolute Gasteiger partial charge is 0.364 e. The van der Waals surface area contributed by atoms with Crippen molar-refractivity contribution in [1.29, 1.82) is 5.26 Å². The highest BCUT2D eigenvalue weighted by Gasteiger charge is 2.29. The SMILES string of the molecule is N#CS/C(=C1\NCCN1Cc1cnc(Cl)s1)[N+](=O)[O-]. The third kappa shape index (κ3) is 3.28. The van der Waals surface area contributed by atoms with Crippen molar-refractivity contribution in [2.45, 2.75) is 6.54 Å². The Balaban J connectivity index is 2.22. The monoisotopic (exact) mass is 317 g/mol. The minimum Gasteiger partial charge on any atom is -0.364 e. The van der Waals surface area contributed by atoms with Gasteiger partial charge in [0.05, 0.1) is 23.2 Å². The van der Waals surface area contributed by atoms with Crippen LogP contribution in [0.5, 0.6) is 0 Å². The van der Waals surface area contributed by atoms with Gasteiger partial charge < -0.3 is 10.2 Å². The lowest BCUT2D eigenvalue weighted by atomic mass is 10.4. The van der Waals surface area contributed by atoms with E-state index in [1.807, 2.05) is 4.90 Å². The lowest BCUT2D eigenvalue weighted by Crippen LogP contribution is -2.22. The zero-order chi connectivity index (χ0) is 13.8. The molecule has 1 aromatic rings. The average molecular weight is 318 g/mol. The maximum Gasteiger partial charge on any atom is 0.357 e. The van der Waals surface area contributed by atoms with Gasteiger partial charge in [0.1, 0.15) is 5.40 Å². The molecule has 2 rings (SSSR count). The predicted octanol–water partition coefficient (Wildman–Crippen LogP) is 1.82. The summed E-state index contributed by atoms with van der Waals surface area (Å²) >= 11 is 7.63. The quantitative estimate of drug-likeness (QED) is 0.514. The molecule has 2 heterocycles. The first-order chi connectivity index (χ1) is 9.11. The third-order valence-electron chi connectivity index (χ3n) is 2.37. The van der Waals surface area contributed by atoms with Crippen LogP contribution in [0.25, 0.3) is 0 Å². The summed E-state index contributed by atoms with van der Waals surface area (Å²) in [5, 5.41) is 24.1. The summed E-state index contributed by atoms with van der Waals surface area (Å²) in [6, 6.07) is 0. The van der Waals surface area contributed by atoms with Gasteiger partial charge in [0, 0.05) is 24.2 Å². The van der Waals surface area contributed by atoms with Crippen LogP contribution in [-0.4, -0.2) is 27.9 Å². The van der Waals surface area contributed by atoms with Crippen molar-refractivity contribution in [1.82, 2.24) is 15.2 Å².